The van der Waals surface area contributed by atoms with E-state index in [0.29, 0.717) is 38.8 Å². The van der Waals surface area contributed by atoms with E-state index in [4.69, 9.17) is 18.9 Å². The lowest BCUT2D eigenvalue weighted by Crippen LogP contribution is -2.41. The molecule has 0 spiro atoms. The molecule has 1 aliphatic heterocycles. The highest BCUT2D eigenvalue weighted by atomic mass is 19.2. The van der Waals surface area contributed by atoms with E-state index in [2.05, 4.69) is 25.5 Å². The van der Waals surface area contributed by atoms with Crippen molar-refractivity contribution in [3.05, 3.63) is 29.1 Å². The first-order valence-electron chi connectivity index (χ1n) is 13.2. The van der Waals surface area contributed by atoms with Crippen molar-refractivity contribution in [3.8, 4) is 5.75 Å². The minimum Gasteiger partial charge on any atom is -0.420 e. The predicted octanol–water partition coefficient (Wildman–Crippen LogP) is 4.42. The number of hydrogen-bond donors (Lipinski definition) is 0. The monoisotopic (exact) mass is 583 g/mol. The lowest BCUT2D eigenvalue weighted by Gasteiger charge is -2.38. The molecule has 1 heterocycles. The van der Waals surface area contributed by atoms with Crippen LogP contribution in [-0.4, -0.2) is 82.7 Å². The van der Waals surface area contributed by atoms with Gasteiger partial charge in [0.25, 0.3) is 0 Å². The van der Waals surface area contributed by atoms with Crippen molar-refractivity contribution in [3.63, 3.8) is 0 Å². The van der Waals surface area contributed by atoms with Crippen molar-refractivity contribution < 1.29 is 55.2 Å². The molecule has 13 heteroatoms. The minimum absolute atomic E-state index is 0.0842. The van der Waals surface area contributed by atoms with E-state index in [1.54, 1.807) is 0 Å². The second-order valence-corrected chi connectivity index (χ2v) is 10.3. The number of carbonyl (C=O) groups excluding carboxylic acids is 2. The molecule has 228 valence electrons. The van der Waals surface area contributed by atoms with E-state index < -0.39 is 47.2 Å². The van der Waals surface area contributed by atoms with Crippen LogP contribution in [0.25, 0.3) is 0 Å². The zero-order valence-electron chi connectivity index (χ0n) is 23.2. The summed E-state index contributed by atoms with van der Waals surface area (Å²) in [5.74, 6) is -13.4. The summed E-state index contributed by atoms with van der Waals surface area (Å²) in [4.78, 5) is 25.9. The number of esters is 1. The van der Waals surface area contributed by atoms with E-state index >= 15 is 0 Å². The molecule has 2 rings (SSSR count). The molecule has 0 N–H and O–H groups in total. The number of piperidine rings is 1. The SMILES string of the molecule is CC(C)(C)C1CCN(C(=O)CCOCCOCCOCCOCCC(=O)Oc2c(F)c(F)c(F)c(F)c2F)CC1. The van der Waals surface area contributed by atoms with Crippen molar-refractivity contribution in [1.29, 1.82) is 0 Å². The summed E-state index contributed by atoms with van der Waals surface area (Å²) in [5.41, 5.74) is 0.269. The van der Waals surface area contributed by atoms with Gasteiger partial charge in [-0.15, -0.1) is 0 Å². The molecule has 0 aromatic heterocycles. The molecule has 8 nitrogen and oxygen atoms in total. The quantitative estimate of drug-likeness (QED) is 0.0712. The van der Waals surface area contributed by atoms with E-state index in [1.807, 2.05) is 4.90 Å². The van der Waals surface area contributed by atoms with E-state index in [0.717, 1.165) is 25.9 Å². The van der Waals surface area contributed by atoms with Crippen LogP contribution in [0.15, 0.2) is 0 Å². The second-order valence-electron chi connectivity index (χ2n) is 10.3. The number of nitrogens with zero attached hydrogens (tertiary/aromatic N) is 1. The molecule has 1 fully saturated rings. The highest BCUT2D eigenvalue weighted by Crippen LogP contribution is 2.34. The standard InChI is InChI=1S/C27H38F5NO7/c1-27(2,3)18-4-8-33(9-5-18)19(34)6-10-36-12-14-38-16-17-39-15-13-37-11-7-20(35)40-26-24(31)22(29)21(28)23(30)25(26)32/h18H,4-17H2,1-3H3. The number of likely N-dealkylation sites (tertiary alicyclic amines) is 1. The van der Waals surface area contributed by atoms with E-state index in [-0.39, 0.29) is 37.7 Å². The normalized spacial score (nSPS) is 14.6. The zero-order chi connectivity index (χ0) is 29.7. The van der Waals surface area contributed by atoms with Crippen LogP contribution >= 0.6 is 0 Å². The Bertz CT molecular complexity index is 937. The Hall–Kier alpha value is -2.35. The average Bonchev–Trinajstić information content (AvgIpc) is 2.92. The minimum atomic E-state index is -2.34. The van der Waals surface area contributed by atoms with Crippen molar-refractivity contribution in [2.75, 3.05) is 65.9 Å². The topological polar surface area (TPSA) is 83.5 Å². The third kappa shape index (κ3) is 10.9. The summed E-state index contributed by atoms with van der Waals surface area (Å²) in [5, 5.41) is 0. The molecule has 0 atom stereocenters. The van der Waals surface area contributed by atoms with Gasteiger partial charge in [-0.1, -0.05) is 20.8 Å². The van der Waals surface area contributed by atoms with Crippen LogP contribution < -0.4 is 4.74 Å². The Kier molecular flexibility index (Phi) is 14.2. The van der Waals surface area contributed by atoms with Gasteiger partial charge in [-0.05, 0) is 24.2 Å². The Morgan fingerprint density at radius 1 is 0.675 bits per heavy atom. The number of carbonyl (C=O) groups is 2. The van der Waals surface area contributed by atoms with Crippen LogP contribution in [0, 0.1) is 40.4 Å². The number of ether oxygens (including phenoxy) is 5. The first-order valence-corrected chi connectivity index (χ1v) is 13.2. The van der Waals surface area contributed by atoms with Gasteiger partial charge < -0.3 is 28.6 Å². The summed E-state index contributed by atoms with van der Waals surface area (Å²) in [6.45, 7) is 9.96. The summed E-state index contributed by atoms with van der Waals surface area (Å²) in [7, 11) is 0. The smallest absolute Gasteiger partial charge is 0.313 e. The first kappa shape index (κ1) is 33.9. The Balaban J connectivity index is 1.41. The molecule has 0 saturated carbocycles. The molecule has 1 aliphatic rings. The van der Waals surface area contributed by atoms with Crippen LogP contribution in [-0.2, 0) is 28.5 Å². The molecular weight excluding hydrogens is 545 g/mol. The van der Waals surface area contributed by atoms with Gasteiger partial charge >= 0.3 is 5.97 Å². The highest BCUT2D eigenvalue weighted by Gasteiger charge is 2.30. The van der Waals surface area contributed by atoms with Gasteiger partial charge in [0.15, 0.2) is 0 Å². The summed E-state index contributed by atoms with van der Waals surface area (Å²) >= 11 is 0. The number of rotatable bonds is 16. The Morgan fingerprint density at radius 2 is 1.07 bits per heavy atom. The van der Waals surface area contributed by atoms with Crippen LogP contribution in [0.2, 0.25) is 0 Å². The highest BCUT2D eigenvalue weighted by molar-refractivity contribution is 5.76. The van der Waals surface area contributed by atoms with Crippen LogP contribution in [0.4, 0.5) is 22.0 Å². The largest absolute Gasteiger partial charge is 0.420 e. The summed E-state index contributed by atoms with van der Waals surface area (Å²) in [6, 6.07) is 0. The van der Waals surface area contributed by atoms with Gasteiger partial charge in [0.1, 0.15) is 0 Å². The van der Waals surface area contributed by atoms with Crippen molar-refractivity contribution in [1.82, 2.24) is 4.90 Å². The van der Waals surface area contributed by atoms with Crippen LogP contribution in [0.5, 0.6) is 5.75 Å². The van der Waals surface area contributed by atoms with Crippen LogP contribution in [0.1, 0.15) is 46.5 Å². The third-order valence-corrected chi connectivity index (χ3v) is 6.48. The van der Waals surface area contributed by atoms with Gasteiger partial charge in [-0.25, -0.2) is 13.2 Å². The molecule has 0 unspecified atom stereocenters. The van der Waals surface area contributed by atoms with Crippen molar-refractivity contribution in [2.45, 2.75) is 46.5 Å². The second kappa shape index (κ2) is 16.8. The van der Waals surface area contributed by atoms with Gasteiger partial charge in [0, 0.05) is 13.1 Å². The molecule has 0 bridgehead atoms. The molecule has 0 aliphatic carbocycles. The molecular formula is C27H38F5NO7. The maximum atomic E-state index is 13.5. The van der Waals surface area contributed by atoms with Gasteiger partial charge in [-0.2, -0.15) is 8.78 Å². The fraction of sp³-hybridized carbons (Fsp3) is 0.704. The molecule has 1 amide bonds. The maximum absolute atomic E-state index is 13.5. The Morgan fingerprint density at radius 3 is 1.52 bits per heavy atom. The third-order valence-electron chi connectivity index (χ3n) is 6.48. The zero-order valence-corrected chi connectivity index (χ0v) is 23.2. The number of benzene rings is 1. The van der Waals surface area contributed by atoms with Crippen molar-refractivity contribution in [2.24, 2.45) is 11.3 Å². The van der Waals surface area contributed by atoms with E-state index in [9.17, 15) is 31.5 Å². The summed E-state index contributed by atoms with van der Waals surface area (Å²) in [6.07, 6.45) is 1.92. The first-order chi connectivity index (χ1) is 18.9. The molecule has 40 heavy (non-hydrogen) atoms. The van der Waals surface area contributed by atoms with Gasteiger partial charge in [-0.3, -0.25) is 9.59 Å². The fourth-order valence-electron chi connectivity index (χ4n) is 4.07. The number of amides is 1. The summed E-state index contributed by atoms with van der Waals surface area (Å²) < 4.78 is 91.8. The average molecular weight is 584 g/mol. The predicted molar refractivity (Wildman–Crippen MR) is 133 cm³/mol. The molecule has 1 saturated heterocycles. The number of hydrogen-bond acceptors (Lipinski definition) is 7. The Labute approximate surface area is 231 Å². The fourth-order valence-corrected chi connectivity index (χ4v) is 4.07. The molecule has 1 aromatic carbocycles. The van der Waals surface area contributed by atoms with Crippen LogP contribution in [0.3, 0.4) is 0 Å². The van der Waals surface area contributed by atoms with Crippen molar-refractivity contribution >= 4 is 11.9 Å². The van der Waals surface area contributed by atoms with Gasteiger partial charge in [0.2, 0.25) is 40.7 Å². The van der Waals surface area contributed by atoms with Gasteiger partial charge in [0.05, 0.1) is 65.7 Å². The number of halogens is 5. The lowest BCUT2D eigenvalue weighted by atomic mass is 9.75. The lowest BCUT2D eigenvalue weighted by molar-refractivity contribution is -0.136. The maximum Gasteiger partial charge on any atom is 0.313 e. The molecule has 0 radical (unpaired) electrons. The molecule has 1 aromatic rings. The van der Waals surface area contributed by atoms with E-state index in [1.165, 1.54) is 0 Å².